The molecule has 1 rings (SSSR count). The third-order valence-electron chi connectivity index (χ3n) is 3.70. The van der Waals surface area contributed by atoms with E-state index in [0.717, 1.165) is 24.6 Å². The van der Waals surface area contributed by atoms with Crippen molar-refractivity contribution < 1.29 is 14.2 Å². The Balaban J connectivity index is 2.31. The number of ether oxygens (including phenoxy) is 3. The lowest BCUT2D eigenvalue weighted by atomic mass is 10.1. The van der Waals surface area contributed by atoms with E-state index in [2.05, 4.69) is 18.3 Å². The van der Waals surface area contributed by atoms with Gasteiger partial charge in [-0.1, -0.05) is 38.7 Å². The van der Waals surface area contributed by atoms with Crippen LogP contribution >= 0.6 is 0 Å². The largest absolute Gasteiger partial charge is 0.493 e. The number of nitrogens with one attached hydrogen (secondary N) is 1. The van der Waals surface area contributed by atoms with E-state index in [9.17, 15) is 0 Å². The summed E-state index contributed by atoms with van der Waals surface area (Å²) >= 11 is 0. The van der Waals surface area contributed by atoms with Gasteiger partial charge in [0.2, 0.25) is 0 Å². The van der Waals surface area contributed by atoms with Gasteiger partial charge in [0.1, 0.15) is 6.61 Å². The summed E-state index contributed by atoms with van der Waals surface area (Å²) in [7, 11) is 1.68. The lowest BCUT2D eigenvalue weighted by Gasteiger charge is -2.12. The maximum Gasteiger partial charge on any atom is 0.161 e. The summed E-state index contributed by atoms with van der Waals surface area (Å²) in [6.07, 6.45) is 6.56. The molecule has 4 nitrogen and oxygen atoms in total. The molecule has 0 aromatic heterocycles. The maximum absolute atomic E-state index is 5.70. The third kappa shape index (κ3) is 8.82. The highest BCUT2D eigenvalue weighted by atomic mass is 16.5. The molecule has 0 spiro atoms. The van der Waals surface area contributed by atoms with Gasteiger partial charge in [0.25, 0.3) is 0 Å². The van der Waals surface area contributed by atoms with E-state index in [1.165, 1.54) is 37.7 Å². The van der Waals surface area contributed by atoms with Crippen LogP contribution in [0.25, 0.3) is 0 Å². The van der Waals surface area contributed by atoms with Gasteiger partial charge < -0.3 is 19.5 Å². The molecular weight excluding hydrogens is 290 g/mol. The molecule has 0 saturated heterocycles. The van der Waals surface area contributed by atoms with Crippen LogP contribution in [0.2, 0.25) is 0 Å². The molecule has 1 aromatic rings. The molecule has 4 heteroatoms. The van der Waals surface area contributed by atoms with Gasteiger partial charge in [-0.2, -0.15) is 0 Å². The van der Waals surface area contributed by atoms with Crippen molar-refractivity contribution in [2.24, 2.45) is 0 Å². The van der Waals surface area contributed by atoms with Crippen molar-refractivity contribution in [3.05, 3.63) is 23.8 Å². The quantitative estimate of drug-likeness (QED) is 0.522. The minimum absolute atomic E-state index is 0.541. The highest BCUT2D eigenvalue weighted by Crippen LogP contribution is 2.28. The Morgan fingerprint density at radius 3 is 2.52 bits per heavy atom. The van der Waals surface area contributed by atoms with Crippen LogP contribution in [0.4, 0.5) is 0 Å². The van der Waals surface area contributed by atoms with Gasteiger partial charge in [0.05, 0.1) is 13.7 Å². The predicted octanol–water partition coefficient (Wildman–Crippen LogP) is 4.17. The molecular formula is C19H33NO3. The lowest BCUT2D eigenvalue weighted by molar-refractivity contribution is 0.109. The number of hydrogen-bond acceptors (Lipinski definition) is 4. The van der Waals surface area contributed by atoms with Crippen LogP contribution in [0.5, 0.6) is 11.5 Å². The first kappa shape index (κ1) is 19.8. The van der Waals surface area contributed by atoms with Crippen molar-refractivity contribution in [3.63, 3.8) is 0 Å². The number of benzene rings is 1. The zero-order valence-corrected chi connectivity index (χ0v) is 15.0. The Kier molecular flexibility index (Phi) is 11.4. The van der Waals surface area contributed by atoms with E-state index in [0.29, 0.717) is 19.8 Å². The Labute approximate surface area is 141 Å². The molecule has 0 unspecified atom stereocenters. The Morgan fingerprint density at radius 2 is 1.78 bits per heavy atom. The Hall–Kier alpha value is -1.26. The second-order valence-corrected chi connectivity index (χ2v) is 5.62. The van der Waals surface area contributed by atoms with Gasteiger partial charge in [-0.25, -0.2) is 0 Å². The normalized spacial score (nSPS) is 10.7. The molecule has 0 heterocycles. The number of hydrogen-bond donors (Lipinski definition) is 1. The first-order valence-electron chi connectivity index (χ1n) is 8.90. The fourth-order valence-electron chi connectivity index (χ4n) is 2.38. The van der Waals surface area contributed by atoms with E-state index in [1.54, 1.807) is 7.11 Å². The van der Waals surface area contributed by atoms with Crippen molar-refractivity contribution in [1.29, 1.82) is 0 Å². The monoisotopic (exact) mass is 323 g/mol. The van der Waals surface area contributed by atoms with Crippen molar-refractivity contribution in [3.8, 4) is 11.5 Å². The Bertz CT molecular complexity index is 410. The first-order valence-corrected chi connectivity index (χ1v) is 8.90. The molecule has 0 aliphatic heterocycles. The smallest absolute Gasteiger partial charge is 0.161 e. The highest BCUT2D eigenvalue weighted by Gasteiger charge is 2.05. The van der Waals surface area contributed by atoms with Crippen LogP contribution in [-0.2, 0) is 11.3 Å². The molecule has 0 bridgehead atoms. The van der Waals surface area contributed by atoms with Gasteiger partial charge in [0, 0.05) is 13.2 Å². The molecule has 0 radical (unpaired) electrons. The van der Waals surface area contributed by atoms with Crippen molar-refractivity contribution in [2.45, 2.75) is 52.5 Å². The standard InChI is InChI=1S/C19H33NO3/c1-4-6-7-8-9-12-20-16-17-10-11-18(19(15-17)21-3)23-14-13-22-5-2/h10-11,15,20H,4-9,12-14,16H2,1-3H3. The molecule has 1 aromatic carbocycles. The van der Waals surface area contributed by atoms with Crippen molar-refractivity contribution in [1.82, 2.24) is 5.32 Å². The van der Waals surface area contributed by atoms with Crippen LogP contribution in [0.1, 0.15) is 51.5 Å². The van der Waals surface area contributed by atoms with Crippen LogP contribution in [0, 0.1) is 0 Å². The van der Waals surface area contributed by atoms with E-state index in [4.69, 9.17) is 14.2 Å². The van der Waals surface area contributed by atoms with E-state index in [1.807, 2.05) is 19.1 Å². The van der Waals surface area contributed by atoms with Crippen molar-refractivity contribution in [2.75, 3.05) is 33.5 Å². The first-order chi connectivity index (χ1) is 11.3. The summed E-state index contributed by atoms with van der Waals surface area (Å²) in [5, 5.41) is 3.49. The van der Waals surface area contributed by atoms with Crippen LogP contribution in [-0.4, -0.2) is 33.5 Å². The molecule has 132 valence electrons. The van der Waals surface area contributed by atoms with Gasteiger partial charge in [-0.05, 0) is 37.6 Å². The fraction of sp³-hybridized carbons (Fsp3) is 0.684. The average Bonchev–Trinajstić information content (AvgIpc) is 2.58. The van der Waals surface area contributed by atoms with E-state index < -0.39 is 0 Å². The summed E-state index contributed by atoms with van der Waals surface area (Å²) in [4.78, 5) is 0. The third-order valence-corrected chi connectivity index (χ3v) is 3.70. The fourth-order valence-corrected chi connectivity index (χ4v) is 2.38. The second kappa shape index (κ2) is 13.2. The zero-order valence-electron chi connectivity index (χ0n) is 15.0. The van der Waals surface area contributed by atoms with Gasteiger partial charge >= 0.3 is 0 Å². The highest BCUT2D eigenvalue weighted by molar-refractivity contribution is 5.42. The minimum atomic E-state index is 0.541. The topological polar surface area (TPSA) is 39.7 Å². The molecule has 0 aliphatic carbocycles. The van der Waals surface area contributed by atoms with Gasteiger partial charge in [-0.15, -0.1) is 0 Å². The maximum atomic E-state index is 5.70. The SMILES string of the molecule is CCCCCCCNCc1ccc(OCCOCC)c(OC)c1. The van der Waals surface area contributed by atoms with Crippen LogP contribution < -0.4 is 14.8 Å². The summed E-state index contributed by atoms with van der Waals surface area (Å²) in [6.45, 7) is 8.01. The van der Waals surface area contributed by atoms with Crippen LogP contribution in [0.3, 0.4) is 0 Å². The summed E-state index contributed by atoms with van der Waals surface area (Å²) in [5.74, 6) is 1.55. The summed E-state index contributed by atoms with van der Waals surface area (Å²) in [6, 6.07) is 6.10. The zero-order chi connectivity index (χ0) is 16.8. The molecule has 0 aliphatic rings. The molecule has 0 amide bonds. The molecule has 23 heavy (non-hydrogen) atoms. The van der Waals surface area contributed by atoms with Gasteiger partial charge in [0.15, 0.2) is 11.5 Å². The number of rotatable bonds is 14. The lowest BCUT2D eigenvalue weighted by Crippen LogP contribution is -2.14. The van der Waals surface area contributed by atoms with Crippen molar-refractivity contribution >= 4 is 0 Å². The number of methoxy groups -OCH3 is 1. The summed E-state index contributed by atoms with van der Waals surface area (Å²) < 4.78 is 16.4. The molecule has 1 N–H and O–H groups in total. The van der Waals surface area contributed by atoms with E-state index in [-0.39, 0.29) is 0 Å². The molecule has 0 fully saturated rings. The predicted molar refractivity (Wildman–Crippen MR) is 95.4 cm³/mol. The minimum Gasteiger partial charge on any atom is -0.493 e. The number of unbranched alkanes of at least 4 members (excludes halogenated alkanes) is 4. The molecule has 0 saturated carbocycles. The Morgan fingerprint density at radius 1 is 0.957 bits per heavy atom. The van der Waals surface area contributed by atoms with E-state index >= 15 is 0 Å². The summed E-state index contributed by atoms with van der Waals surface area (Å²) in [5.41, 5.74) is 1.22. The van der Waals surface area contributed by atoms with Gasteiger partial charge in [-0.3, -0.25) is 0 Å². The molecule has 0 atom stereocenters. The second-order valence-electron chi connectivity index (χ2n) is 5.62. The van der Waals surface area contributed by atoms with Crippen LogP contribution in [0.15, 0.2) is 18.2 Å². The average molecular weight is 323 g/mol.